The quantitative estimate of drug-likeness (QED) is 0.800. The zero-order chi connectivity index (χ0) is 17.4. The highest BCUT2D eigenvalue weighted by Crippen LogP contribution is 2.48. The molecule has 0 aromatic heterocycles. The van der Waals surface area contributed by atoms with E-state index in [4.69, 9.17) is 26.8 Å². The number of nitrogens with two attached hydrogens (primary N) is 1. The van der Waals surface area contributed by atoms with Gasteiger partial charge in [-0.1, -0.05) is 11.6 Å². The lowest BCUT2D eigenvalue weighted by Gasteiger charge is -2.31. The number of hydrogen-bond donors (Lipinski definition) is 1. The van der Waals surface area contributed by atoms with Gasteiger partial charge in [-0.2, -0.15) is 5.26 Å². The Morgan fingerprint density at radius 2 is 2.21 bits per heavy atom. The molecule has 0 saturated heterocycles. The molecule has 1 aromatic carbocycles. The number of Topliss-reactive ketones (excluding diaryl/α,β-unsaturated/α-hetero) is 1. The largest absolute Gasteiger partial charge is 0.495 e. The topological polar surface area (TPSA) is 85.3 Å². The van der Waals surface area contributed by atoms with Crippen LogP contribution in [0.4, 0.5) is 0 Å². The minimum Gasteiger partial charge on any atom is -0.495 e. The van der Waals surface area contributed by atoms with Crippen molar-refractivity contribution in [3.8, 4) is 11.8 Å². The number of allylic oxidation sites excluding steroid dienone is 3. The molecule has 5 nitrogen and oxygen atoms in total. The molecule has 0 spiro atoms. The van der Waals surface area contributed by atoms with Gasteiger partial charge in [0.05, 0.1) is 17.5 Å². The molecule has 1 atom stereocenters. The molecule has 1 aromatic rings. The molecule has 1 heterocycles. The lowest BCUT2D eigenvalue weighted by atomic mass is 9.77. The van der Waals surface area contributed by atoms with E-state index in [0.29, 0.717) is 51.4 Å². The van der Waals surface area contributed by atoms with Gasteiger partial charge in [-0.3, -0.25) is 4.79 Å². The molecule has 0 amide bonds. The Labute approximate surface area is 152 Å². The number of hydrogen-bond acceptors (Lipinski definition) is 5. The zero-order valence-corrected chi connectivity index (χ0v) is 15.2. The fourth-order valence-corrected chi connectivity index (χ4v) is 4.17. The number of ketones is 1. The van der Waals surface area contributed by atoms with Crippen molar-refractivity contribution in [2.24, 2.45) is 5.73 Å². The fourth-order valence-electron chi connectivity index (χ4n) is 3.18. The average Bonchev–Trinajstić information content (AvgIpc) is 2.53. The molecule has 3 rings (SSSR count). The third-order valence-electron chi connectivity index (χ3n) is 4.16. The predicted octanol–water partition coefficient (Wildman–Crippen LogP) is 3.93. The van der Waals surface area contributed by atoms with E-state index < -0.39 is 5.92 Å². The summed E-state index contributed by atoms with van der Waals surface area (Å²) in [4.78, 5) is 12.6. The van der Waals surface area contributed by atoms with Crippen molar-refractivity contribution in [3.63, 3.8) is 0 Å². The number of nitriles is 1. The molecule has 2 N–H and O–H groups in total. The first-order chi connectivity index (χ1) is 11.5. The molecule has 1 aliphatic carbocycles. The number of carbonyl (C=O) groups excluding carboxylic acids is 1. The van der Waals surface area contributed by atoms with Gasteiger partial charge in [0.1, 0.15) is 23.2 Å². The van der Waals surface area contributed by atoms with Crippen molar-refractivity contribution in [2.45, 2.75) is 25.2 Å². The van der Waals surface area contributed by atoms with Gasteiger partial charge < -0.3 is 15.2 Å². The Bertz CT molecular complexity index is 839. The number of nitrogens with zero attached hydrogens (tertiary/aromatic N) is 1. The van der Waals surface area contributed by atoms with Gasteiger partial charge in [-0.15, -0.1) is 0 Å². The molecule has 24 heavy (non-hydrogen) atoms. The SMILES string of the molecule is COc1c(Br)cc(Cl)cc1[C@@H]1C(C#N)=C(N)OC2=C1C(=O)CCC2. The summed E-state index contributed by atoms with van der Waals surface area (Å²) in [5.41, 5.74) is 7.22. The molecule has 1 aliphatic heterocycles. The summed E-state index contributed by atoms with van der Waals surface area (Å²) in [6.07, 6.45) is 1.73. The van der Waals surface area contributed by atoms with E-state index in [1.165, 1.54) is 7.11 Å². The maximum Gasteiger partial charge on any atom is 0.205 e. The van der Waals surface area contributed by atoms with E-state index in [9.17, 15) is 10.1 Å². The van der Waals surface area contributed by atoms with Crippen LogP contribution in [0.25, 0.3) is 0 Å². The Balaban J connectivity index is 2.30. The molecule has 0 fully saturated rings. The van der Waals surface area contributed by atoms with E-state index in [-0.39, 0.29) is 17.2 Å². The van der Waals surface area contributed by atoms with Crippen molar-refractivity contribution < 1.29 is 14.3 Å². The standard InChI is InChI=1S/C17H14BrClN2O3/c1-23-16-9(5-8(19)6-11(16)18)14-10(7-20)17(21)24-13-4-2-3-12(22)15(13)14/h5-6,14H,2-4,21H2,1H3/t14-/m1/s1. The van der Waals surface area contributed by atoms with E-state index in [2.05, 4.69) is 22.0 Å². The van der Waals surface area contributed by atoms with Crippen molar-refractivity contribution in [1.29, 1.82) is 5.26 Å². The minimum absolute atomic E-state index is 0.0223. The van der Waals surface area contributed by atoms with Gasteiger partial charge in [-0.25, -0.2) is 0 Å². The highest BCUT2D eigenvalue weighted by atomic mass is 79.9. The lowest BCUT2D eigenvalue weighted by molar-refractivity contribution is -0.116. The Kier molecular flexibility index (Phi) is 4.57. The number of methoxy groups -OCH3 is 1. The molecule has 0 saturated carbocycles. The summed E-state index contributed by atoms with van der Waals surface area (Å²) in [6.45, 7) is 0. The highest BCUT2D eigenvalue weighted by molar-refractivity contribution is 9.10. The van der Waals surface area contributed by atoms with Gasteiger partial charge in [0.2, 0.25) is 5.88 Å². The van der Waals surface area contributed by atoms with Crippen LogP contribution in [0.3, 0.4) is 0 Å². The number of benzene rings is 1. The Morgan fingerprint density at radius 3 is 2.88 bits per heavy atom. The first kappa shape index (κ1) is 16.9. The molecular formula is C17H14BrClN2O3. The number of ether oxygens (including phenoxy) is 2. The molecule has 2 aliphatic rings. The normalized spacial score (nSPS) is 20.4. The van der Waals surface area contributed by atoms with Crippen LogP contribution in [0.5, 0.6) is 5.75 Å². The van der Waals surface area contributed by atoms with E-state index in [1.807, 2.05) is 0 Å². The Morgan fingerprint density at radius 1 is 1.46 bits per heavy atom. The minimum atomic E-state index is -0.642. The maximum absolute atomic E-state index is 12.6. The highest BCUT2D eigenvalue weighted by Gasteiger charge is 2.39. The van der Waals surface area contributed by atoms with E-state index >= 15 is 0 Å². The first-order valence-corrected chi connectivity index (χ1v) is 8.51. The van der Waals surface area contributed by atoms with Crippen molar-refractivity contribution >= 4 is 33.3 Å². The first-order valence-electron chi connectivity index (χ1n) is 7.34. The summed E-state index contributed by atoms with van der Waals surface area (Å²) in [5.74, 6) is 0.383. The summed E-state index contributed by atoms with van der Waals surface area (Å²) >= 11 is 9.60. The predicted molar refractivity (Wildman–Crippen MR) is 92.2 cm³/mol. The second-order valence-corrected chi connectivity index (χ2v) is 6.84. The summed E-state index contributed by atoms with van der Waals surface area (Å²) in [7, 11) is 1.52. The van der Waals surface area contributed by atoms with Gasteiger partial charge in [0, 0.05) is 29.0 Å². The van der Waals surface area contributed by atoms with Crippen LogP contribution in [0.15, 0.2) is 39.4 Å². The van der Waals surface area contributed by atoms with Crippen LogP contribution in [-0.4, -0.2) is 12.9 Å². The van der Waals surface area contributed by atoms with Crippen LogP contribution < -0.4 is 10.5 Å². The van der Waals surface area contributed by atoms with Crippen LogP contribution in [0.1, 0.15) is 30.7 Å². The van der Waals surface area contributed by atoms with Gasteiger partial charge in [0.15, 0.2) is 5.78 Å². The molecular weight excluding hydrogens is 396 g/mol. The maximum atomic E-state index is 12.6. The molecule has 7 heteroatoms. The molecule has 124 valence electrons. The molecule has 0 bridgehead atoms. The van der Waals surface area contributed by atoms with Crippen molar-refractivity contribution in [1.82, 2.24) is 0 Å². The van der Waals surface area contributed by atoms with Crippen LogP contribution in [0, 0.1) is 11.3 Å². The van der Waals surface area contributed by atoms with Crippen LogP contribution >= 0.6 is 27.5 Å². The lowest BCUT2D eigenvalue weighted by Crippen LogP contribution is -2.27. The van der Waals surface area contributed by atoms with Gasteiger partial charge in [0.25, 0.3) is 0 Å². The summed E-state index contributed by atoms with van der Waals surface area (Å²) in [5, 5.41) is 10.0. The smallest absolute Gasteiger partial charge is 0.205 e. The van der Waals surface area contributed by atoms with Gasteiger partial charge >= 0.3 is 0 Å². The van der Waals surface area contributed by atoms with Gasteiger partial charge in [-0.05, 0) is 34.5 Å². The van der Waals surface area contributed by atoms with Crippen LogP contribution in [0.2, 0.25) is 5.02 Å². The molecule has 0 unspecified atom stereocenters. The Hall–Kier alpha value is -1.97. The van der Waals surface area contributed by atoms with E-state index in [1.54, 1.807) is 12.1 Å². The second kappa shape index (κ2) is 6.50. The summed E-state index contributed by atoms with van der Waals surface area (Å²) in [6, 6.07) is 5.46. The number of carbonyl (C=O) groups is 1. The fraction of sp³-hybridized carbons (Fsp3) is 0.294. The third kappa shape index (κ3) is 2.68. The van der Waals surface area contributed by atoms with E-state index in [0.717, 1.165) is 0 Å². The number of rotatable bonds is 2. The zero-order valence-electron chi connectivity index (χ0n) is 12.9. The van der Waals surface area contributed by atoms with Crippen molar-refractivity contribution in [2.75, 3.05) is 7.11 Å². The third-order valence-corrected chi connectivity index (χ3v) is 4.96. The number of halogens is 2. The molecule has 0 radical (unpaired) electrons. The van der Waals surface area contributed by atoms with Crippen LogP contribution in [-0.2, 0) is 9.53 Å². The van der Waals surface area contributed by atoms with Crippen molar-refractivity contribution in [3.05, 3.63) is 50.0 Å². The average molecular weight is 410 g/mol. The monoisotopic (exact) mass is 408 g/mol. The second-order valence-electron chi connectivity index (χ2n) is 5.55. The summed E-state index contributed by atoms with van der Waals surface area (Å²) < 4.78 is 11.7.